The first-order chi connectivity index (χ1) is 14.5. The Morgan fingerprint density at radius 1 is 1.17 bits per heavy atom. The van der Waals surface area contributed by atoms with Gasteiger partial charge in [0.25, 0.3) is 0 Å². The van der Waals surface area contributed by atoms with Crippen molar-refractivity contribution in [2.45, 2.75) is 39.0 Å². The van der Waals surface area contributed by atoms with E-state index in [4.69, 9.17) is 0 Å². The van der Waals surface area contributed by atoms with Crippen LogP contribution in [0.25, 0.3) is 0 Å². The summed E-state index contributed by atoms with van der Waals surface area (Å²) < 4.78 is 43.8. The largest absolute Gasteiger partial charge is 0.434 e. The molecule has 2 aromatic rings. The molecule has 1 aliphatic rings. The van der Waals surface area contributed by atoms with Crippen molar-refractivity contribution in [3.8, 4) is 5.75 Å². The lowest BCUT2D eigenvalue weighted by Gasteiger charge is -2.22. The lowest BCUT2D eigenvalue weighted by Crippen LogP contribution is -2.38. The van der Waals surface area contributed by atoms with Gasteiger partial charge in [-0.05, 0) is 49.6 Å². The highest BCUT2D eigenvalue weighted by Crippen LogP contribution is 2.25. The number of rotatable bonds is 7. The fourth-order valence-electron chi connectivity index (χ4n) is 3.54. The average Bonchev–Trinajstić information content (AvgIpc) is 3.27. The van der Waals surface area contributed by atoms with E-state index >= 15 is 0 Å². The molecule has 0 aliphatic carbocycles. The number of nitrogens with one attached hydrogen (secondary N) is 2. The number of hydrogen-bond acceptors (Lipinski definition) is 3. The maximum atomic E-state index is 14.1. The van der Waals surface area contributed by atoms with Crippen LogP contribution < -0.4 is 20.3 Å². The predicted molar refractivity (Wildman–Crippen MR) is 113 cm³/mol. The smallest absolute Gasteiger partial charge is 0.387 e. The number of alkyl halides is 2. The Labute approximate surface area is 174 Å². The second-order valence-electron chi connectivity index (χ2n) is 7.18. The third kappa shape index (κ3) is 5.58. The first-order valence-corrected chi connectivity index (χ1v) is 10.0. The number of nitrogens with zero attached hydrogens (tertiary/aromatic N) is 2. The molecule has 30 heavy (non-hydrogen) atoms. The van der Waals surface area contributed by atoms with Crippen LogP contribution in [0.15, 0.2) is 47.5 Å². The molecule has 2 aromatic carbocycles. The molecule has 1 saturated heterocycles. The number of halogens is 3. The Morgan fingerprint density at radius 2 is 1.90 bits per heavy atom. The van der Waals surface area contributed by atoms with Gasteiger partial charge in [-0.1, -0.05) is 18.2 Å². The third-order valence-corrected chi connectivity index (χ3v) is 5.14. The van der Waals surface area contributed by atoms with Crippen LogP contribution in [0, 0.1) is 5.82 Å². The summed E-state index contributed by atoms with van der Waals surface area (Å²) in [6.07, 6.45) is 2.42. The third-order valence-electron chi connectivity index (χ3n) is 5.14. The van der Waals surface area contributed by atoms with Gasteiger partial charge in [0.2, 0.25) is 0 Å². The molecule has 1 atom stereocenters. The zero-order valence-corrected chi connectivity index (χ0v) is 17.2. The van der Waals surface area contributed by atoms with Crippen molar-refractivity contribution in [3.63, 3.8) is 0 Å². The van der Waals surface area contributed by atoms with Gasteiger partial charge in [-0.3, -0.25) is 4.99 Å². The molecule has 0 saturated carbocycles. The van der Waals surface area contributed by atoms with Crippen molar-refractivity contribution >= 4 is 11.6 Å². The van der Waals surface area contributed by atoms with Gasteiger partial charge in [0, 0.05) is 37.9 Å². The quantitative estimate of drug-likeness (QED) is 0.513. The SMILES string of the molecule is CN=C(NCc1c(F)cccc1OC(F)F)NC(C)c1cccc(N2CCCC2)c1. The fourth-order valence-corrected chi connectivity index (χ4v) is 3.54. The highest BCUT2D eigenvalue weighted by molar-refractivity contribution is 5.80. The van der Waals surface area contributed by atoms with E-state index in [-0.39, 0.29) is 23.9 Å². The van der Waals surface area contributed by atoms with Crippen molar-refractivity contribution < 1.29 is 17.9 Å². The van der Waals surface area contributed by atoms with Crippen molar-refractivity contribution in [2.75, 3.05) is 25.0 Å². The number of aliphatic imine (C=N–C) groups is 1. The molecule has 0 amide bonds. The Morgan fingerprint density at radius 3 is 2.60 bits per heavy atom. The summed E-state index contributed by atoms with van der Waals surface area (Å²) in [6.45, 7) is 1.07. The first kappa shape index (κ1) is 21.8. The molecule has 0 bridgehead atoms. The summed E-state index contributed by atoms with van der Waals surface area (Å²) in [5.74, 6) is -0.387. The highest BCUT2D eigenvalue weighted by atomic mass is 19.3. The Hall–Kier alpha value is -2.90. The minimum absolute atomic E-state index is 0.0180. The monoisotopic (exact) mass is 420 g/mol. The van der Waals surface area contributed by atoms with Crippen molar-refractivity contribution in [1.82, 2.24) is 10.6 Å². The summed E-state index contributed by atoms with van der Waals surface area (Å²) in [5.41, 5.74) is 2.31. The van der Waals surface area contributed by atoms with Gasteiger partial charge >= 0.3 is 6.61 Å². The van der Waals surface area contributed by atoms with Gasteiger partial charge in [0.05, 0.1) is 6.04 Å². The molecule has 1 unspecified atom stereocenters. The maximum absolute atomic E-state index is 14.1. The van der Waals surface area contributed by atoms with Gasteiger partial charge in [-0.15, -0.1) is 0 Å². The van der Waals surface area contributed by atoms with E-state index in [1.807, 2.05) is 19.1 Å². The first-order valence-electron chi connectivity index (χ1n) is 10.0. The van der Waals surface area contributed by atoms with Gasteiger partial charge in [-0.25, -0.2) is 4.39 Å². The highest BCUT2D eigenvalue weighted by Gasteiger charge is 2.16. The summed E-state index contributed by atoms with van der Waals surface area (Å²) in [5, 5.41) is 6.23. The van der Waals surface area contributed by atoms with Crippen LogP contribution in [0.2, 0.25) is 0 Å². The minimum Gasteiger partial charge on any atom is -0.434 e. The summed E-state index contributed by atoms with van der Waals surface area (Å²) in [7, 11) is 1.60. The normalized spacial score (nSPS) is 15.4. The Kier molecular flexibility index (Phi) is 7.43. The minimum atomic E-state index is -3.02. The van der Waals surface area contributed by atoms with Crippen LogP contribution in [-0.2, 0) is 6.54 Å². The molecule has 1 fully saturated rings. The summed E-state index contributed by atoms with van der Waals surface area (Å²) in [6, 6.07) is 12.1. The molecule has 2 N–H and O–H groups in total. The van der Waals surface area contributed by atoms with Crippen molar-refractivity contribution in [2.24, 2.45) is 4.99 Å². The van der Waals surface area contributed by atoms with E-state index in [0.717, 1.165) is 18.7 Å². The standard InChI is InChI=1S/C22H27F3N4O/c1-15(16-7-5-8-17(13-16)29-11-3-4-12-29)28-22(26-2)27-14-18-19(23)9-6-10-20(18)30-21(24)25/h5-10,13,15,21H,3-4,11-12,14H2,1-2H3,(H2,26,27,28). The van der Waals surface area contributed by atoms with E-state index in [9.17, 15) is 13.2 Å². The molecular formula is C22H27F3N4O. The fraction of sp³-hybridized carbons (Fsp3) is 0.409. The van der Waals surface area contributed by atoms with E-state index < -0.39 is 12.4 Å². The number of ether oxygens (including phenoxy) is 1. The molecule has 1 heterocycles. The predicted octanol–water partition coefficient (Wildman–Crippen LogP) is 4.45. The molecule has 3 rings (SSSR count). The molecule has 162 valence electrons. The zero-order valence-electron chi connectivity index (χ0n) is 17.2. The molecular weight excluding hydrogens is 393 g/mol. The molecule has 0 radical (unpaired) electrons. The van der Waals surface area contributed by atoms with Gasteiger partial charge in [0.1, 0.15) is 11.6 Å². The molecule has 0 aromatic heterocycles. The second-order valence-corrected chi connectivity index (χ2v) is 7.18. The zero-order chi connectivity index (χ0) is 21.5. The lowest BCUT2D eigenvalue weighted by atomic mass is 10.1. The maximum Gasteiger partial charge on any atom is 0.387 e. The Bertz CT molecular complexity index is 869. The molecule has 8 heteroatoms. The number of guanidine groups is 1. The molecule has 5 nitrogen and oxygen atoms in total. The lowest BCUT2D eigenvalue weighted by molar-refractivity contribution is -0.0506. The Balaban J connectivity index is 1.65. The summed E-state index contributed by atoms with van der Waals surface area (Å²) in [4.78, 5) is 6.53. The summed E-state index contributed by atoms with van der Waals surface area (Å²) >= 11 is 0. The van der Waals surface area contributed by atoms with Gasteiger partial charge in [-0.2, -0.15) is 8.78 Å². The van der Waals surface area contributed by atoms with Crippen LogP contribution in [0.4, 0.5) is 18.9 Å². The second kappa shape index (κ2) is 10.2. The van der Waals surface area contributed by atoms with E-state index in [0.29, 0.717) is 5.96 Å². The van der Waals surface area contributed by atoms with Crippen molar-refractivity contribution in [3.05, 3.63) is 59.4 Å². The number of hydrogen-bond donors (Lipinski definition) is 2. The average molecular weight is 420 g/mol. The van der Waals surface area contributed by atoms with E-state index in [2.05, 4.69) is 37.4 Å². The van der Waals surface area contributed by atoms with Crippen molar-refractivity contribution in [1.29, 1.82) is 0 Å². The molecule has 0 spiro atoms. The van der Waals surface area contributed by atoms with E-state index in [1.54, 1.807) is 7.05 Å². The van der Waals surface area contributed by atoms with E-state index in [1.165, 1.54) is 36.7 Å². The van der Waals surface area contributed by atoms with Crippen LogP contribution in [0.1, 0.15) is 36.9 Å². The topological polar surface area (TPSA) is 48.9 Å². The van der Waals surface area contributed by atoms with Gasteiger partial charge in [0.15, 0.2) is 5.96 Å². The van der Waals surface area contributed by atoms with Crippen LogP contribution in [-0.4, -0.2) is 32.7 Å². The number of benzene rings is 2. The number of anilines is 1. The van der Waals surface area contributed by atoms with Gasteiger partial charge < -0.3 is 20.3 Å². The van der Waals surface area contributed by atoms with Crippen LogP contribution in [0.3, 0.4) is 0 Å². The molecule has 1 aliphatic heterocycles. The van der Waals surface area contributed by atoms with Crippen LogP contribution >= 0.6 is 0 Å². The van der Waals surface area contributed by atoms with Crippen LogP contribution in [0.5, 0.6) is 5.75 Å².